The van der Waals surface area contributed by atoms with Crippen molar-refractivity contribution in [1.29, 1.82) is 0 Å². The summed E-state index contributed by atoms with van der Waals surface area (Å²) < 4.78 is 1.66. The van der Waals surface area contributed by atoms with E-state index in [0.717, 1.165) is 11.1 Å². The van der Waals surface area contributed by atoms with Crippen LogP contribution in [-0.4, -0.2) is 31.0 Å². The van der Waals surface area contributed by atoms with Gasteiger partial charge in [0.15, 0.2) is 0 Å². The van der Waals surface area contributed by atoms with Crippen molar-refractivity contribution in [3.8, 4) is 0 Å². The Morgan fingerprint density at radius 2 is 1.97 bits per heavy atom. The third kappa shape index (κ3) is 5.20. The Hall–Kier alpha value is -3.27. The number of nitro groups is 1. The largest absolute Gasteiger partial charge is 0.319 e. The molecule has 1 atom stereocenters. The maximum atomic E-state index is 13.2. The lowest BCUT2D eigenvalue weighted by atomic mass is 10.1. The lowest BCUT2D eigenvalue weighted by Gasteiger charge is -2.17. The molecule has 3 rings (SSSR count). The summed E-state index contributed by atoms with van der Waals surface area (Å²) in [5, 5.41) is 25.7. The van der Waals surface area contributed by atoms with Crippen LogP contribution >= 0.6 is 11.8 Å². The zero-order valence-electron chi connectivity index (χ0n) is 16.8. The number of carbonyl (C=O) groups excluding carboxylic acids is 1. The maximum absolute atomic E-state index is 13.2. The van der Waals surface area contributed by atoms with Crippen LogP contribution in [0.5, 0.6) is 0 Å². The van der Waals surface area contributed by atoms with E-state index in [-0.39, 0.29) is 11.4 Å². The Balaban J connectivity index is 1.91. The minimum absolute atomic E-state index is 0.148. The van der Waals surface area contributed by atoms with Gasteiger partial charge in [0.25, 0.3) is 5.69 Å². The molecule has 1 heterocycles. The average molecular weight is 427 g/mol. The number of amides is 1. The van der Waals surface area contributed by atoms with Gasteiger partial charge in [0.1, 0.15) is 10.9 Å². The first-order valence-corrected chi connectivity index (χ1v) is 10.3. The van der Waals surface area contributed by atoms with Crippen LogP contribution < -0.4 is 5.32 Å². The molecular formula is C20H22N6O3S. The average Bonchev–Trinajstić information content (AvgIpc) is 3.13. The standard InChI is InChI=1S/C20H22N6O3S/c1-13(2)12-25-20(22-23-24-25)30-18(15-7-5-4-6-8-15)19(27)21-16-10-9-14(3)11-17(16)26(28)29/h4-11,13,18H,12H2,1-3H3,(H,21,27). The second-order valence-electron chi connectivity index (χ2n) is 7.21. The summed E-state index contributed by atoms with van der Waals surface area (Å²) in [6, 6.07) is 13.9. The zero-order chi connectivity index (χ0) is 21.7. The molecule has 10 heteroatoms. The van der Waals surface area contributed by atoms with Crippen LogP contribution in [0.25, 0.3) is 0 Å². The highest BCUT2D eigenvalue weighted by Gasteiger charge is 2.27. The number of aromatic nitrogens is 4. The van der Waals surface area contributed by atoms with E-state index >= 15 is 0 Å². The minimum atomic E-state index is -0.691. The Morgan fingerprint density at radius 3 is 2.63 bits per heavy atom. The van der Waals surface area contributed by atoms with Crippen molar-refractivity contribution in [2.45, 2.75) is 37.7 Å². The van der Waals surface area contributed by atoms with Gasteiger partial charge in [-0.25, -0.2) is 4.68 Å². The van der Waals surface area contributed by atoms with Gasteiger partial charge in [-0.2, -0.15) is 0 Å². The number of nitrogens with one attached hydrogen (secondary N) is 1. The monoisotopic (exact) mass is 426 g/mol. The van der Waals surface area contributed by atoms with Gasteiger partial charge in [-0.3, -0.25) is 14.9 Å². The van der Waals surface area contributed by atoms with Gasteiger partial charge in [-0.05, 0) is 40.5 Å². The second-order valence-corrected chi connectivity index (χ2v) is 8.29. The quantitative estimate of drug-likeness (QED) is 0.328. The molecule has 1 N–H and O–H groups in total. The van der Waals surface area contributed by atoms with Gasteiger partial charge >= 0.3 is 0 Å². The third-order valence-corrected chi connectivity index (χ3v) is 5.43. The van der Waals surface area contributed by atoms with Gasteiger partial charge < -0.3 is 5.32 Å². The summed E-state index contributed by atoms with van der Waals surface area (Å²) >= 11 is 1.21. The molecule has 1 unspecified atom stereocenters. The molecule has 0 aliphatic carbocycles. The number of aryl methyl sites for hydroxylation is 1. The van der Waals surface area contributed by atoms with E-state index in [2.05, 4.69) is 20.8 Å². The molecule has 1 aromatic heterocycles. The molecule has 30 heavy (non-hydrogen) atoms. The number of benzene rings is 2. The van der Waals surface area contributed by atoms with Crippen LogP contribution in [0.2, 0.25) is 0 Å². The van der Waals surface area contributed by atoms with E-state index in [1.165, 1.54) is 17.8 Å². The van der Waals surface area contributed by atoms with E-state index in [4.69, 9.17) is 0 Å². The molecule has 0 radical (unpaired) electrons. The second kappa shape index (κ2) is 9.49. The lowest BCUT2D eigenvalue weighted by Crippen LogP contribution is -2.20. The number of rotatable bonds is 8. The summed E-state index contributed by atoms with van der Waals surface area (Å²) in [5.41, 5.74) is 1.49. The van der Waals surface area contributed by atoms with Crippen molar-refractivity contribution in [1.82, 2.24) is 20.2 Å². The van der Waals surface area contributed by atoms with Crippen LogP contribution in [0.15, 0.2) is 53.7 Å². The van der Waals surface area contributed by atoms with Gasteiger partial charge in [0.2, 0.25) is 11.1 Å². The highest BCUT2D eigenvalue weighted by Crippen LogP contribution is 2.36. The molecule has 156 valence electrons. The number of nitro benzene ring substituents is 1. The molecule has 9 nitrogen and oxygen atoms in total. The normalized spacial score (nSPS) is 12.0. The molecule has 0 saturated carbocycles. The van der Waals surface area contributed by atoms with E-state index < -0.39 is 16.1 Å². The van der Waals surface area contributed by atoms with Crippen molar-refractivity contribution < 1.29 is 9.72 Å². The number of thioether (sulfide) groups is 1. The van der Waals surface area contributed by atoms with Crippen LogP contribution in [0.3, 0.4) is 0 Å². The molecule has 1 amide bonds. The topological polar surface area (TPSA) is 116 Å². The Kier molecular flexibility index (Phi) is 6.78. The predicted molar refractivity (Wildman–Crippen MR) is 114 cm³/mol. The Labute approximate surface area is 178 Å². The molecule has 0 spiro atoms. The highest BCUT2D eigenvalue weighted by atomic mass is 32.2. The van der Waals surface area contributed by atoms with Gasteiger partial charge in [-0.15, -0.1) is 5.10 Å². The SMILES string of the molecule is Cc1ccc(NC(=O)C(Sc2nnnn2CC(C)C)c2ccccc2)c([N+](=O)[O-])c1. The van der Waals surface area contributed by atoms with E-state index in [9.17, 15) is 14.9 Å². The maximum Gasteiger partial charge on any atom is 0.293 e. The van der Waals surface area contributed by atoms with Crippen LogP contribution in [0, 0.1) is 23.0 Å². The molecule has 3 aromatic rings. The van der Waals surface area contributed by atoms with E-state index in [1.807, 2.05) is 44.2 Å². The summed E-state index contributed by atoms with van der Waals surface area (Å²) in [6.45, 7) is 6.47. The first-order chi connectivity index (χ1) is 14.3. The van der Waals surface area contributed by atoms with Crippen molar-refractivity contribution in [2.75, 3.05) is 5.32 Å². The zero-order valence-corrected chi connectivity index (χ0v) is 17.7. The summed E-state index contributed by atoms with van der Waals surface area (Å²) in [4.78, 5) is 24.1. The lowest BCUT2D eigenvalue weighted by molar-refractivity contribution is -0.384. The van der Waals surface area contributed by atoms with Gasteiger partial charge in [0.05, 0.1) is 4.92 Å². The number of hydrogen-bond acceptors (Lipinski definition) is 7. The molecule has 0 aliphatic heterocycles. The number of hydrogen-bond donors (Lipinski definition) is 1. The number of carbonyl (C=O) groups is 1. The fraction of sp³-hybridized carbons (Fsp3) is 0.300. The predicted octanol–water partition coefficient (Wildman–Crippen LogP) is 4.02. The molecule has 0 aliphatic rings. The fourth-order valence-electron chi connectivity index (χ4n) is 2.84. The molecule has 0 fully saturated rings. The third-order valence-electron chi connectivity index (χ3n) is 4.21. The molecular weight excluding hydrogens is 404 g/mol. The van der Waals surface area contributed by atoms with Gasteiger partial charge in [0, 0.05) is 12.6 Å². The smallest absolute Gasteiger partial charge is 0.293 e. The highest BCUT2D eigenvalue weighted by molar-refractivity contribution is 8.00. The first-order valence-electron chi connectivity index (χ1n) is 9.39. The van der Waals surface area contributed by atoms with Crippen molar-refractivity contribution in [3.05, 3.63) is 69.8 Å². The van der Waals surface area contributed by atoms with Crippen LogP contribution in [0.4, 0.5) is 11.4 Å². The van der Waals surface area contributed by atoms with Crippen molar-refractivity contribution in [3.63, 3.8) is 0 Å². The molecule has 2 aromatic carbocycles. The minimum Gasteiger partial charge on any atom is -0.319 e. The number of tetrazole rings is 1. The van der Waals surface area contributed by atoms with Crippen molar-refractivity contribution >= 4 is 29.0 Å². The Bertz CT molecular complexity index is 1040. The van der Waals surface area contributed by atoms with Gasteiger partial charge in [-0.1, -0.05) is 62.0 Å². The summed E-state index contributed by atoms with van der Waals surface area (Å²) in [6.07, 6.45) is 0. The first kappa shape index (κ1) is 21.4. The van der Waals surface area contributed by atoms with E-state index in [0.29, 0.717) is 17.6 Å². The Morgan fingerprint density at radius 1 is 1.23 bits per heavy atom. The summed E-state index contributed by atoms with van der Waals surface area (Å²) in [7, 11) is 0. The van der Waals surface area contributed by atoms with Crippen molar-refractivity contribution in [2.24, 2.45) is 5.92 Å². The summed E-state index contributed by atoms with van der Waals surface area (Å²) in [5.74, 6) is -0.0655. The van der Waals surface area contributed by atoms with Crippen LogP contribution in [0.1, 0.15) is 30.2 Å². The molecule has 0 bridgehead atoms. The number of nitrogens with zero attached hydrogens (tertiary/aromatic N) is 5. The fourth-order valence-corrected chi connectivity index (χ4v) is 3.83. The molecule has 0 saturated heterocycles. The van der Waals surface area contributed by atoms with E-state index in [1.54, 1.807) is 23.7 Å². The number of anilines is 1. The van der Waals surface area contributed by atoms with Crippen LogP contribution in [-0.2, 0) is 11.3 Å².